The monoisotopic (exact) mass is 219 g/mol. The van der Waals surface area contributed by atoms with Crippen molar-refractivity contribution in [1.82, 2.24) is 9.88 Å². The first kappa shape index (κ1) is 11.6. The lowest BCUT2D eigenvalue weighted by molar-refractivity contribution is 0.113. The van der Waals surface area contributed by atoms with E-state index < -0.39 is 0 Å². The summed E-state index contributed by atoms with van der Waals surface area (Å²) in [6, 6.07) is 4.14. The topological polar surface area (TPSA) is 42.2 Å². The zero-order valence-corrected chi connectivity index (χ0v) is 10.2. The first-order valence-corrected chi connectivity index (χ1v) is 5.97. The van der Waals surface area contributed by atoms with Crippen LogP contribution >= 0.6 is 0 Å². The Balaban J connectivity index is 2.04. The molecule has 3 heteroatoms. The molecule has 0 spiro atoms. The van der Waals surface area contributed by atoms with E-state index in [-0.39, 0.29) is 5.54 Å². The first-order valence-electron chi connectivity index (χ1n) is 5.97. The van der Waals surface area contributed by atoms with Crippen molar-refractivity contribution < 1.29 is 0 Å². The van der Waals surface area contributed by atoms with E-state index >= 15 is 0 Å². The van der Waals surface area contributed by atoms with E-state index in [1.807, 2.05) is 12.4 Å². The molecule has 0 amide bonds. The molecule has 1 aromatic rings. The van der Waals surface area contributed by atoms with Gasteiger partial charge in [0, 0.05) is 31.0 Å². The molecule has 88 valence electrons. The van der Waals surface area contributed by atoms with E-state index in [1.54, 1.807) is 0 Å². The average Bonchev–Trinajstić information content (AvgIpc) is 3.13. The minimum Gasteiger partial charge on any atom is -0.329 e. The van der Waals surface area contributed by atoms with Gasteiger partial charge in [0.2, 0.25) is 0 Å². The van der Waals surface area contributed by atoms with Crippen LogP contribution in [0.15, 0.2) is 24.5 Å². The molecule has 1 aromatic heterocycles. The summed E-state index contributed by atoms with van der Waals surface area (Å²) in [6.45, 7) is 3.97. The van der Waals surface area contributed by atoms with Crippen molar-refractivity contribution in [3.05, 3.63) is 30.1 Å². The number of aromatic nitrogens is 1. The highest BCUT2D eigenvalue weighted by atomic mass is 15.2. The molecule has 1 unspecified atom stereocenters. The average molecular weight is 219 g/mol. The highest BCUT2D eigenvalue weighted by Gasteiger charge is 2.43. The van der Waals surface area contributed by atoms with Crippen molar-refractivity contribution in [3.8, 4) is 0 Å². The molecule has 1 aliphatic rings. The Morgan fingerprint density at radius 3 is 2.56 bits per heavy atom. The van der Waals surface area contributed by atoms with Crippen molar-refractivity contribution in [2.75, 3.05) is 13.6 Å². The summed E-state index contributed by atoms with van der Waals surface area (Å²) in [6.07, 6.45) is 6.35. The van der Waals surface area contributed by atoms with Crippen LogP contribution in [0, 0.1) is 5.92 Å². The molecule has 2 rings (SSSR count). The Kier molecular flexibility index (Phi) is 3.26. The summed E-state index contributed by atoms with van der Waals surface area (Å²) in [5.41, 5.74) is 7.41. The minimum atomic E-state index is 0.156. The number of pyridine rings is 1. The number of nitrogens with two attached hydrogens (primary N) is 1. The van der Waals surface area contributed by atoms with Crippen LogP contribution < -0.4 is 5.73 Å². The van der Waals surface area contributed by atoms with Gasteiger partial charge < -0.3 is 5.73 Å². The maximum atomic E-state index is 5.95. The van der Waals surface area contributed by atoms with Gasteiger partial charge in [0.05, 0.1) is 0 Å². The second kappa shape index (κ2) is 4.52. The third-order valence-electron chi connectivity index (χ3n) is 3.91. The van der Waals surface area contributed by atoms with Gasteiger partial charge in [0.15, 0.2) is 0 Å². The van der Waals surface area contributed by atoms with Gasteiger partial charge in [-0.3, -0.25) is 9.88 Å². The molecule has 2 N–H and O–H groups in total. The highest BCUT2D eigenvalue weighted by molar-refractivity contribution is 5.11. The Morgan fingerprint density at radius 2 is 2.06 bits per heavy atom. The van der Waals surface area contributed by atoms with Crippen LogP contribution in [-0.4, -0.2) is 29.0 Å². The largest absolute Gasteiger partial charge is 0.329 e. The fourth-order valence-corrected chi connectivity index (χ4v) is 2.28. The van der Waals surface area contributed by atoms with Gasteiger partial charge in [-0.2, -0.15) is 0 Å². The van der Waals surface area contributed by atoms with Crippen molar-refractivity contribution in [1.29, 1.82) is 0 Å². The zero-order chi connectivity index (χ0) is 11.6. The molecule has 0 aromatic carbocycles. The number of nitrogens with zero attached hydrogens (tertiary/aromatic N) is 2. The standard InChI is InChI=1S/C13H21N3/c1-13(10-14,12-3-4-12)16(2)9-11-5-7-15-8-6-11/h5-8,12H,3-4,9-10,14H2,1-2H3. The Bertz CT molecular complexity index is 334. The predicted molar refractivity (Wildman–Crippen MR) is 65.9 cm³/mol. The van der Waals surface area contributed by atoms with Gasteiger partial charge in [0.1, 0.15) is 0 Å². The normalized spacial score (nSPS) is 19.8. The van der Waals surface area contributed by atoms with Crippen molar-refractivity contribution in [3.63, 3.8) is 0 Å². The van der Waals surface area contributed by atoms with Crippen molar-refractivity contribution in [2.24, 2.45) is 11.7 Å². The molecular formula is C13H21N3. The van der Waals surface area contributed by atoms with Crippen LogP contribution in [-0.2, 0) is 6.54 Å². The molecule has 1 heterocycles. The quantitative estimate of drug-likeness (QED) is 0.818. The molecule has 3 nitrogen and oxygen atoms in total. The summed E-state index contributed by atoms with van der Waals surface area (Å²) in [4.78, 5) is 6.43. The molecule has 1 saturated carbocycles. The van der Waals surface area contributed by atoms with E-state index in [1.165, 1.54) is 18.4 Å². The van der Waals surface area contributed by atoms with E-state index in [4.69, 9.17) is 5.73 Å². The lowest BCUT2D eigenvalue weighted by atomic mass is 9.93. The molecule has 1 atom stereocenters. The lowest BCUT2D eigenvalue weighted by Gasteiger charge is -2.38. The summed E-state index contributed by atoms with van der Waals surface area (Å²) in [5, 5.41) is 0. The lowest BCUT2D eigenvalue weighted by Crippen LogP contribution is -2.51. The van der Waals surface area contributed by atoms with Crippen LogP contribution in [0.25, 0.3) is 0 Å². The summed E-state index contributed by atoms with van der Waals surface area (Å²) < 4.78 is 0. The first-order chi connectivity index (χ1) is 7.66. The van der Waals surface area contributed by atoms with Crippen molar-refractivity contribution in [2.45, 2.75) is 31.8 Å². The maximum absolute atomic E-state index is 5.95. The third kappa shape index (κ3) is 2.25. The molecule has 1 fully saturated rings. The molecule has 0 saturated heterocycles. The minimum absolute atomic E-state index is 0.156. The van der Waals surface area contributed by atoms with Gasteiger partial charge in [-0.15, -0.1) is 0 Å². The van der Waals surface area contributed by atoms with E-state index in [0.29, 0.717) is 0 Å². The van der Waals surface area contributed by atoms with Gasteiger partial charge >= 0.3 is 0 Å². The second-order valence-electron chi connectivity index (χ2n) is 5.05. The van der Waals surface area contributed by atoms with Gasteiger partial charge in [0.25, 0.3) is 0 Å². The van der Waals surface area contributed by atoms with E-state index in [2.05, 4.69) is 36.0 Å². The SMILES string of the molecule is CN(Cc1ccncc1)C(C)(CN)C1CC1. The smallest absolute Gasteiger partial charge is 0.0332 e. The highest BCUT2D eigenvalue weighted by Crippen LogP contribution is 2.42. The van der Waals surface area contributed by atoms with Crippen LogP contribution in [0.1, 0.15) is 25.3 Å². The maximum Gasteiger partial charge on any atom is 0.0332 e. The van der Waals surface area contributed by atoms with Crippen LogP contribution in [0.2, 0.25) is 0 Å². The Morgan fingerprint density at radius 1 is 1.44 bits per heavy atom. The molecule has 16 heavy (non-hydrogen) atoms. The third-order valence-corrected chi connectivity index (χ3v) is 3.91. The van der Waals surface area contributed by atoms with Gasteiger partial charge in [-0.1, -0.05) is 0 Å². The number of likely N-dealkylation sites (N-methyl/N-ethyl adjacent to an activating group) is 1. The van der Waals surface area contributed by atoms with Gasteiger partial charge in [-0.25, -0.2) is 0 Å². The molecule has 1 aliphatic carbocycles. The van der Waals surface area contributed by atoms with Gasteiger partial charge in [-0.05, 0) is 50.4 Å². The van der Waals surface area contributed by atoms with E-state index in [9.17, 15) is 0 Å². The Labute approximate surface area is 97.7 Å². The zero-order valence-electron chi connectivity index (χ0n) is 10.2. The fraction of sp³-hybridized carbons (Fsp3) is 0.615. The van der Waals surface area contributed by atoms with Crippen molar-refractivity contribution >= 4 is 0 Å². The van der Waals surface area contributed by atoms with Crippen LogP contribution in [0.3, 0.4) is 0 Å². The summed E-state index contributed by atoms with van der Waals surface area (Å²) in [7, 11) is 2.17. The number of hydrogen-bond acceptors (Lipinski definition) is 3. The molecular weight excluding hydrogens is 198 g/mol. The summed E-state index contributed by atoms with van der Waals surface area (Å²) in [5.74, 6) is 0.782. The van der Waals surface area contributed by atoms with Crippen LogP contribution in [0.5, 0.6) is 0 Å². The molecule has 0 bridgehead atoms. The predicted octanol–water partition coefficient (Wildman–Crippen LogP) is 1.64. The number of hydrogen-bond donors (Lipinski definition) is 1. The van der Waals surface area contributed by atoms with Crippen LogP contribution in [0.4, 0.5) is 0 Å². The number of rotatable bonds is 5. The van der Waals surface area contributed by atoms with E-state index in [0.717, 1.165) is 19.0 Å². The fourth-order valence-electron chi connectivity index (χ4n) is 2.28. The molecule has 0 radical (unpaired) electrons. The Hall–Kier alpha value is -0.930. The second-order valence-corrected chi connectivity index (χ2v) is 5.05. The summed E-state index contributed by atoms with van der Waals surface area (Å²) >= 11 is 0. The molecule has 0 aliphatic heterocycles.